The molecule has 7 heteroatoms. The molecule has 1 fully saturated rings. The minimum Gasteiger partial charge on any atom is -0.368 e. The van der Waals surface area contributed by atoms with Gasteiger partial charge in [-0.2, -0.15) is 13.2 Å². The lowest BCUT2D eigenvalue weighted by Crippen LogP contribution is -2.46. The van der Waals surface area contributed by atoms with Gasteiger partial charge in [-0.25, -0.2) is 0 Å². The Labute approximate surface area is 197 Å². The number of Topliss-reactive ketones (excluding diaryl/α,β-unsaturated/α-hetero) is 1. The number of hydrogen-bond donors (Lipinski definition) is 0. The molecule has 4 nitrogen and oxygen atoms in total. The predicted octanol–water partition coefficient (Wildman–Crippen LogP) is 5.78. The van der Waals surface area contributed by atoms with Crippen LogP contribution in [0.2, 0.25) is 0 Å². The van der Waals surface area contributed by atoms with E-state index in [0.717, 1.165) is 76.2 Å². The minimum atomic E-state index is -4.35. The molecule has 0 spiro atoms. The van der Waals surface area contributed by atoms with Crippen LogP contribution in [0.5, 0.6) is 0 Å². The molecule has 180 valence electrons. The highest BCUT2D eigenvalue weighted by Crippen LogP contribution is 2.38. The molecule has 34 heavy (non-hydrogen) atoms. The highest BCUT2D eigenvalue weighted by Gasteiger charge is 2.33. The number of alkyl halides is 3. The van der Waals surface area contributed by atoms with Crippen molar-refractivity contribution in [2.24, 2.45) is 0 Å². The molecule has 0 amide bonds. The predicted molar refractivity (Wildman–Crippen MR) is 129 cm³/mol. The number of ketones is 1. The van der Waals surface area contributed by atoms with Gasteiger partial charge in [-0.05, 0) is 55.8 Å². The second kappa shape index (κ2) is 9.45. The number of rotatable bonds is 6. The topological polar surface area (TPSA) is 28.5 Å². The quantitative estimate of drug-likeness (QED) is 0.429. The van der Waals surface area contributed by atoms with Gasteiger partial charge in [0, 0.05) is 67.7 Å². The van der Waals surface area contributed by atoms with Crippen molar-refractivity contribution in [3.05, 3.63) is 65.5 Å². The second-order valence-corrected chi connectivity index (χ2v) is 9.36. The smallest absolute Gasteiger partial charge is 0.368 e. The largest absolute Gasteiger partial charge is 0.417 e. The van der Waals surface area contributed by atoms with E-state index in [1.54, 1.807) is 30.3 Å². The van der Waals surface area contributed by atoms with Gasteiger partial charge in [0.05, 0.1) is 5.56 Å². The maximum atomic E-state index is 13.4. The summed E-state index contributed by atoms with van der Waals surface area (Å²) < 4.78 is 42.6. The third-order valence-electron chi connectivity index (χ3n) is 7.24. The molecule has 0 bridgehead atoms. The molecular weight excluding hydrogens is 439 g/mol. The van der Waals surface area contributed by atoms with Gasteiger partial charge in [0.15, 0.2) is 5.78 Å². The van der Waals surface area contributed by atoms with E-state index in [-0.39, 0.29) is 11.2 Å². The first-order valence-electron chi connectivity index (χ1n) is 12.2. The van der Waals surface area contributed by atoms with Gasteiger partial charge < -0.3 is 9.47 Å². The normalized spacial score (nSPS) is 17.4. The number of carbonyl (C=O) groups excluding carboxylic acids is 1. The number of nitrogens with zero attached hydrogens (tertiary/aromatic N) is 3. The van der Waals surface area contributed by atoms with Gasteiger partial charge in [-0.3, -0.25) is 9.69 Å². The van der Waals surface area contributed by atoms with Crippen molar-refractivity contribution < 1.29 is 18.0 Å². The number of unbranched alkanes of at least 4 members (excludes halogenated alkanes) is 1. The first-order valence-corrected chi connectivity index (χ1v) is 12.2. The number of benzene rings is 2. The molecule has 2 aliphatic rings. The van der Waals surface area contributed by atoms with Crippen LogP contribution in [0, 0.1) is 0 Å². The van der Waals surface area contributed by atoms with Crippen molar-refractivity contribution in [3.8, 4) is 0 Å². The van der Waals surface area contributed by atoms with Gasteiger partial charge >= 0.3 is 6.18 Å². The van der Waals surface area contributed by atoms with Crippen molar-refractivity contribution in [2.75, 3.05) is 37.6 Å². The molecule has 0 saturated carbocycles. The number of aryl methyl sites for hydroxylation is 1. The summed E-state index contributed by atoms with van der Waals surface area (Å²) in [7, 11) is 0. The first kappa shape index (κ1) is 23.0. The van der Waals surface area contributed by atoms with E-state index in [1.165, 1.54) is 11.8 Å². The van der Waals surface area contributed by atoms with Crippen LogP contribution in [0.25, 0.3) is 10.8 Å². The fraction of sp³-hybridized carbons (Fsp3) is 0.444. The SMILES string of the molecule is O=C1CCCc2c1ccn2CCCCN1CCN(c2ccc(C(F)(F)F)c3ccccc23)CC1. The number of halogens is 3. The maximum absolute atomic E-state index is 13.4. The molecule has 0 unspecified atom stereocenters. The van der Waals surface area contributed by atoms with Crippen LogP contribution in [0.4, 0.5) is 18.9 Å². The Morgan fingerprint density at radius 3 is 2.32 bits per heavy atom. The van der Waals surface area contributed by atoms with Crippen molar-refractivity contribution in [3.63, 3.8) is 0 Å². The zero-order chi connectivity index (χ0) is 23.7. The third kappa shape index (κ3) is 4.58. The van der Waals surface area contributed by atoms with Gasteiger partial charge in [0.25, 0.3) is 0 Å². The molecule has 0 N–H and O–H groups in total. The molecule has 1 aliphatic carbocycles. The van der Waals surface area contributed by atoms with Crippen LogP contribution in [-0.4, -0.2) is 48.0 Å². The van der Waals surface area contributed by atoms with Crippen molar-refractivity contribution in [2.45, 2.75) is 44.8 Å². The van der Waals surface area contributed by atoms with E-state index in [1.807, 2.05) is 6.07 Å². The minimum absolute atomic E-state index is 0.267. The van der Waals surface area contributed by atoms with E-state index in [0.29, 0.717) is 11.8 Å². The highest BCUT2D eigenvalue weighted by atomic mass is 19.4. The zero-order valence-electron chi connectivity index (χ0n) is 19.3. The number of aromatic nitrogens is 1. The average Bonchev–Trinajstić information content (AvgIpc) is 3.25. The summed E-state index contributed by atoms with van der Waals surface area (Å²) in [5.41, 5.74) is 2.43. The fourth-order valence-electron chi connectivity index (χ4n) is 5.43. The molecule has 5 rings (SSSR count). The molecule has 0 radical (unpaired) electrons. The van der Waals surface area contributed by atoms with Crippen LogP contribution in [0.3, 0.4) is 0 Å². The molecular formula is C27H30F3N3O. The number of carbonyl (C=O) groups is 1. The summed E-state index contributed by atoms with van der Waals surface area (Å²) >= 11 is 0. The standard InChI is InChI=1S/C27H30F3N3O/c28-27(29,30)23-10-11-25(21-7-2-1-6-20(21)23)33-18-16-31(17-19-33)13-3-4-14-32-15-12-22-24(32)8-5-9-26(22)34/h1-2,6-7,10-12,15H,3-5,8-9,13-14,16-19H2. The zero-order valence-corrected chi connectivity index (χ0v) is 19.3. The van der Waals surface area contributed by atoms with Crippen LogP contribution in [-0.2, 0) is 19.1 Å². The lowest BCUT2D eigenvalue weighted by Gasteiger charge is -2.37. The Morgan fingerprint density at radius 1 is 0.824 bits per heavy atom. The Kier molecular flexibility index (Phi) is 6.38. The van der Waals surface area contributed by atoms with Crippen molar-refractivity contribution in [1.29, 1.82) is 0 Å². The van der Waals surface area contributed by atoms with Crippen LogP contribution >= 0.6 is 0 Å². The Balaban J connectivity index is 1.15. The van der Waals surface area contributed by atoms with Gasteiger partial charge in [-0.1, -0.05) is 24.3 Å². The summed E-state index contributed by atoms with van der Waals surface area (Å²) in [6, 6.07) is 11.7. The summed E-state index contributed by atoms with van der Waals surface area (Å²) in [5, 5.41) is 0.933. The highest BCUT2D eigenvalue weighted by molar-refractivity contribution is 5.98. The van der Waals surface area contributed by atoms with Gasteiger partial charge in [0.2, 0.25) is 0 Å². The number of piperazine rings is 1. The lowest BCUT2D eigenvalue weighted by molar-refractivity contribution is -0.136. The molecule has 2 aromatic carbocycles. The number of hydrogen-bond acceptors (Lipinski definition) is 3. The Bertz CT molecular complexity index is 1180. The van der Waals surface area contributed by atoms with Crippen molar-refractivity contribution >= 4 is 22.2 Å². The van der Waals surface area contributed by atoms with Gasteiger partial charge in [0.1, 0.15) is 0 Å². The van der Waals surface area contributed by atoms with Gasteiger partial charge in [-0.15, -0.1) is 0 Å². The van der Waals surface area contributed by atoms with E-state index in [2.05, 4.69) is 20.6 Å². The third-order valence-corrected chi connectivity index (χ3v) is 7.24. The van der Waals surface area contributed by atoms with Crippen LogP contribution < -0.4 is 4.90 Å². The van der Waals surface area contributed by atoms with E-state index >= 15 is 0 Å². The van der Waals surface area contributed by atoms with Crippen LogP contribution in [0.1, 0.15) is 47.3 Å². The monoisotopic (exact) mass is 469 g/mol. The number of anilines is 1. The molecule has 1 saturated heterocycles. The number of fused-ring (bicyclic) bond motifs is 2. The first-order chi connectivity index (χ1) is 16.4. The van der Waals surface area contributed by atoms with E-state index < -0.39 is 11.7 Å². The lowest BCUT2D eigenvalue weighted by atomic mass is 9.97. The molecule has 2 heterocycles. The Hall–Kier alpha value is -2.80. The second-order valence-electron chi connectivity index (χ2n) is 9.36. The molecule has 0 atom stereocenters. The summed E-state index contributed by atoms with van der Waals surface area (Å²) in [6.07, 6.45) is 2.48. The Morgan fingerprint density at radius 2 is 1.56 bits per heavy atom. The molecule has 1 aliphatic heterocycles. The van der Waals surface area contributed by atoms with E-state index in [9.17, 15) is 18.0 Å². The van der Waals surface area contributed by atoms with Crippen LogP contribution in [0.15, 0.2) is 48.7 Å². The molecule has 3 aromatic rings. The summed E-state index contributed by atoms with van der Waals surface area (Å²) in [4.78, 5) is 16.7. The van der Waals surface area contributed by atoms with Crippen molar-refractivity contribution in [1.82, 2.24) is 9.47 Å². The average molecular weight is 470 g/mol. The van der Waals surface area contributed by atoms with E-state index in [4.69, 9.17) is 0 Å². The summed E-state index contributed by atoms with van der Waals surface area (Å²) in [6.45, 7) is 5.39. The fourth-order valence-corrected chi connectivity index (χ4v) is 5.43. The summed E-state index contributed by atoms with van der Waals surface area (Å²) in [5.74, 6) is 0.277. The maximum Gasteiger partial charge on any atom is 0.417 e. The molecule has 1 aromatic heterocycles.